The molecule has 2 atom stereocenters. The van der Waals surface area contributed by atoms with Gasteiger partial charge in [0.2, 0.25) is 0 Å². The lowest BCUT2D eigenvalue weighted by atomic mass is 9.99. The summed E-state index contributed by atoms with van der Waals surface area (Å²) in [6.07, 6.45) is 1.36. The fourth-order valence-electron chi connectivity index (χ4n) is 2.19. The van der Waals surface area contributed by atoms with Crippen molar-refractivity contribution in [3.8, 4) is 0 Å². The summed E-state index contributed by atoms with van der Waals surface area (Å²) in [7, 11) is 0. The first-order chi connectivity index (χ1) is 10.8. The first-order valence-electron chi connectivity index (χ1n) is 7.55. The summed E-state index contributed by atoms with van der Waals surface area (Å²) in [6, 6.07) is 7.47. The van der Waals surface area contributed by atoms with Gasteiger partial charge >= 0.3 is 5.97 Å². The molecule has 0 bridgehead atoms. The lowest BCUT2D eigenvalue weighted by Gasteiger charge is -2.15. The van der Waals surface area contributed by atoms with Crippen LogP contribution in [0.25, 0.3) is 5.57 Å². The van der Waals surface area contributed by atoms with Crippen LogP contribution in [0, 0.1) is 0 Å². The van der Waals surface area contributed by atoms with E-state index in [1.54, 1.807) is 19.9 Å². The minimum Gasteiger partial charge on any atom is -0.464 e. The maximum atomic E-state index is 11.4. The molecule has 0 aliphatic heterocycles. The Balaban J connectivity index is 2.59. The molecule has 0 amide bonds. The highest BCUT2D eigenvalue weighted by molar-refractivity contribution is 6.29. The van der Waals surface area contributed by atoms with Crippen molar-refractivity contribution in [1.82, 2.24) is 0 Å². The van der Waals surface area contributed by atoms with E-state index < -0.39 is 12.1 Å². The van der Waals surface area contributed by atoms with Crippen LogP contribution in [0.5, 0.6) is 0 Å². The van der Waals surface area contributed by atoms with Crippen molar-refractivity contribution >= 4 is 23.1 Å². The van der Waals surface area contributed by atoms with Crippen LogP contribution in [0.15, 0.2) is 42.0 Å². The molecule has 1 rings (SSSR count). The smallest absolute Gasteiger partial charge is 0.335 e. The quantitative estimate of drug-likeness (QED) is 0.565. The summed E-state index contributed by atoms with van der Waals surface area (Å²) in [5.74, 6) is -0.627. The molecule has 0 spiro atoms. The second-order valence-electron chi connectivity index (χ2n) is 5.42. The molecule has 0 radical (unpaired) electrons. The van der Waals surface area contributed by atoms with Crippen molar-refractivity contribution in [3.05, 3.63) is 53.1 Å². The zero-order valence-electron chi connectivity index (χ0n) is 13.6. The fraction of sp³-hybridized carbons (Fsp3) is 0.389. The van der Waals surface area contributed by atoms with Crippen molar-refractivity contribution in [2.75, 3.05) is 6.61 Å². The van der Waals surface area contributed by atoms with Gasteiger partial charge in [0.25, 0.3) is 0 Å². The van der Waals surface area contributed by atoms with Crippen LogP contribution in [0.3, 0.4) is 0 Å². The topological polar surface area (TPSA) is 72.5 Å². The first kappa shape index (κ1) is 19.4. The van der Waals surface area contributed by atoms with E-state index in [9.17, 15) is 9.90 Å². The first-order valence-corrected chi connectivity index (χ1v) is 7.93. The summed E-state index contributed by atoms with van der Waals surface area (Å²) in [5.41, 5.74) is 8.84. The number of rotatable bonds is 8. The van der Waals surface area contributed by atoms with Gasteiger partial charge in [-0.15, -0.1) is 0 Å². The van der Waals surface area contributed by atoms with Crippen LogP contribution in [0.2, 0.25) is 0 Å². The summed E-state index contributed by atoms with van der Waals surface area (Å²) >= 11 is 5.84. The average Bonchev–Trinajstić information content (AvgIpc) is 2.47. The van der Waals surface area contributed by atoms with E-state index >= 15 is 0 Å². The van der Waals surface area contributed by atoms with E-state index in [-0.39, 0.29) is 19.1 Å². The Morgan fingerprint density at radius 2 is 2.04 bits per heavy atom. The van der Waals surface area contributed by atoms with E-state index in [4.69, 9.17) is 22.1 Å². The number of allylic oxidation sites excluding steroid dienone is 3. The third-order valence-corrected chi connectivity index (χ3v) is 3.39. The van der Waals surface area contributed by atoms with Gasteiger partial charge in [-0.05, 0) is 49.5 Å². The molecule has 1 aromatic rings. The molecule has 0 aliphatic rings. The van der Waals surface area contributed by atoms with E-state index in [1.807, 2.05) is 24.3 Å². The van der Waals surface area contributed by atoms with Gasteiger partial charge in [0.05, 0.1) is 6.61 Å². The normalized spacial score (nSPS) is 14.2. The Morgan fingerprint density at radius 1 is 1.43 bits per heavy atom. The highest BCUT2D eigenvalue weighted by Crippen LogP contribution is 2.18. The molecule has 0 heterocycles. The second-order valence-corrected chi connectivity index (χ2v) is 6.02. The molecule has 23 heavy (non-hydrogen) atoms. The largest absolute Gasteiger partial charge is 0.464 e. The number of esters is 1. The molecule has 0 fully saturated rings. The number of hydrogen-bond donors (Lipinski definition) is 2. The lowest BCUT2D eigenvalue weighted by molar-refractivity contribution is -0.153. The minimum atomic E-state index is -1.18. The zero-order valence-corrected chi connectivity index (χ0v) is 14.3. The van der Waals surface area contributed by atoms with Crippen LogP contribution in [0.1, 0.15) is 31.4 Å². The van der Waals surface area contributed by atoms with E-state index in [1.165, 1.54) is 0 Å². The van der Waals surface area contributed by atoms with Crippen LogP contribution < -0.4 is 5.73 Å². The van der Waals surface area contributed by atoms with E-state index in [0.717, 1.165) is 16.7 Å². The number of benzene rings is 1. The number of ether oxygens (including phenoxy) is 1. The average molecular weight is 338 g/mol. The fourth-order valence-corrected chi connectivity index (χ4v) is 2.32. The van der Waals surface area contributed by atoms with Crippen molar-refractivity contribution in [1.29, 1.82) is 0 Å². The van der Waals surface area contributed by atoms with Crippen LogP contribution in [-0.2, 0) is 16.0 Å². The molecule has 126 valence electrons. The van der Waals surface area contributed by atoms with Gasteiger partial charge in [0, 0.05) is 11.1 Å². The molecular formula is C18H24ClNO3. The van der Waals surface area contributed by atoms with Crippen LogP contribution >= 0.6 is 11.6 Å². The van der Waals surface area contributed by atoms with Gasteiger partial charge in [-0.25, -0.2) is 4.79 Å². The molecule has 1 aromatic carbocycles. The molecule has 0 aliphatic carbocycles. The van der Waals surface area contributed by atoms with Crippen molar-refractivity contribution < 1.29 is 14.6 Å². The number of carbonyl (C=O) groups excluding carboxylic acids is 1. The summed E-state index contributed by atoms with van der Waals surface area (Å²) in [5, 5.41) is 10.4. The highest BCUT2D eigenvalue weighted by Gasteiger charge is 2.19. The molecular weight excluding hydrogens is 314 g/mol. The number of aliphatic hydroxyl groups excluding tert-OH is 1. The monoisotopic (exact) mass is 337 g/mol. The van der Waals surface area contributed by atoms with Crippen LogP contribution in [0.4, 0.5) is 0 Å². The molecule has 5 heteroatoms. The highest BCUT2D eigenvalue weighted by atomic mass is 35.5. The van der Waals surface area contributed by atoms with Crippen molar-refractivity contribution in [2.45, 2.75) is 38.8 Å². The number of aliphatic hydroxyl groups is 1. The molecule has 2 unspecified atom stereocenters. The summed E-state index contributed by atoms with van der Waals surface area (Å²) in [6.45, 7) is 7.70. The third kappa shape index (κ3) is 6.99. The number of nitrogens with two attached hydrogens (primary N) is 1. The number of carbonyl (C=O) groups is 1. The Morgan fingerprint density at radius 3 is 2.57 bits per heavy atom. The van der Waals surface area contributed by atoms with E-state index in [2.05, 4.69) is 6.58 Å². The SMILES string of the molecule is C=C(C=C(C)Cl)c1ccc(CC(N)CC(O)C(=O)OCC)cc1. The van der Waals surface area contributed by atoms with Crippen molar-refractivity contribution in [2.24, 2.45) is 5.73 Å². The predicted octanol–water partition coefficient (Wildman–Crippen LogP) is 3.03. The molecule has 3 N–H and O–H groups in total. The van der Waals surface area contributed by atoms with E-state index in [0.29, 0.717) is 11.5 Å². The van der Waals surface area contributed by atoms with Crippen LogP contribution in [-0.4, -0.2) is 29.8 Å². The maximum absolute atomic E-state index is 11.4. The van der Waals surface area contributed by atoms with Gasteiger partial charge < -0.3 is 15.6 Å². The molecule has 0 saturated carbocycles. The Kier molecular flexibility index (Phi) is 8.03. The molecule has 0 saturated heterocycles. The standard InChI is InChI=1S/C18H24ClNO3/c1-4-23-18(22)17(21)11-16(20)10-14-5-7-15(8-6-14)12(2)9-13(3)19/h5-9,16-17,21H,2,4,10-11,20H2,1,3H3. The van der Waals surface area contributed by atoms with Gasteiger partial charge in [0.15, 0.2) is 6.10 Å². The molecule has 0 aromatic heterocycles. The summed E-state index contributed by atoms with van der Waals surface area (Å²) < 4.78 is 4.76. The number of halogens is 1. The molecule has 4 nitrogen and oxygen atoms in total. The maximum Gasteiger partial charge on any atom is 0.335 e. The zero-order chi connectivity index (χ0) is 17.4. The number of hydrogen-bond acceptors (Lipinski definition) is 4. The Labute approximate surface area is 142 Å². The third-order valence-electron chi connectivity index (χ3n) is 3.28. The predicted molar refractivity (Wildman–Crippen MR) is 94.0 cm³/mol. The Bertz CT molecular complexity index is 562. The van der Waals surface area contributed by atoms with Gasteiger partial charge in [-0.1, -0.05) is 42.4 Å². The Hall–Kier alpha value is -1.62. The van der Waals surface area contributed by atoms with Crippen molar-refractivity contribution in [3.63, 3.8) is 0 Å². The van der Waals surface area contributed by atoms with Gasteiger partial charge in [0.1, 0.15) is 0 Å². The minimum absolute atomic E-state index is 0.168. The van der Waals surface area contributed by atoms with Gasteiger partial charge in [-0.3, -0.25) is 0 Å². The van der Waals surface area contributed by atoms with Gasteiger partial charge in [-0.2, -0.15) is 0 Å². The lowest BCUT2D eigenvalue weighted by Crippen LogP contribution is -2.33. The second kappa shape index (κ2) is 9.50. The summed E-state index contributed by atoms with van der Waals surface area (Å²) in [4.78, 5) is 11.4.